The molecule has 27 heavy (non-hydrogen) atoms. The van der Waals surface area contributed by atoms with Crippen molar-refractivity contribution in [3.63, 3.8) is 0 Å². The molecule has 0 aromatic heterocycles. The second kappa shape index (κ2) is 7.32. The van der Waals surface area contributed by atoms with Crippen molar-refractivity contribution < 1.29 is 13.2 Å². The van der Waals surface area contributed by atoms with Crippen molar-refractivity contribution in [1.82, 2.24) is 10.6 Å². The second-order valence-electron chi connectivity index (χ2n) is 7.00. The molecular formula is C20H23N3O3S. The molecule has 0 unspecified atom stereocenters. The molecule has 6 nitrogen and oxygen atoms in total. The fraction of sp³-hybridized carbons (Fsp3) is 0.350. The lowest BCUT2D eigenvalue weighted by molar-refractivity contribution is 0.0930. The Morgan fingerprint density at radius 1 is 1.15 bits per heavy atom. The summed E-state index contributed by atoms with van der Waals surface area (Å²) in [6, 6.07) is 13.9. The Kier molecular flexibility index (Phi) is 4.88. The molecule has 0 radical (unpaired) electrons. The highest BCUT2D eigenvalue weighted by molar-refractivity contribution is 7.92. The third-order valence-electron chi connectivity index (χ3n) is 5.16. The van der Waals surface area contributed by atoms with Gasteiger partial charge in [0.2, 0.25) is 0 Å². The molecule has 2 aromatic carbocycles. The Morgan fingerprint density at radius 3 is 2.81 bits per heavy atom. The summed E-state index contributed by atoms with van der Waals surface area (Å²) in [7, 11) is -3.70. The topological polar surface area (TPSA) is 78.5 Å². The maximum atomic E-state index is 13.1. The molecule has 0 spiro atoms. The van der Waals surface area contributed by atoms with Gasteiger partial charge in [-0.3, -0.25) is 9.10 Å². The number of piperidine rings is 1. The third-order valence-corrected chi connectivity index (χ3v) is 6.97. The molecule has 0 aliphatic carbocycles. The number of nitrogens with zero attached hydrogens (tertiary/aromatic N) is 1. The monoisotopic (exact) mass is 385 g/mol. The maximum absolute atomic E-state index is 13.1. The van der Waals surface area contributed by atoms with Crippen molar-refractivity contribution in [1.29, 1.82) is 0 Å². The predicted molar refractivity (Wildman–Crippen MR) is 104 cm³/mol. The van der Waals surface area contributed by atoms with E-state index in [1.165, 1.54) is 10.4 Å². The summed E-state index contributed by atoms with van der Waals surface area (Å²) in [6.45, 7) is 2.14. The van der Waals surface area contributed by atoms with Gasteiger partial charge in [-0.1, -0.05) is 24.3 Å². The smallest absolute Gasteiger partial charge is 0.264 e. The van der Waals surface area contributed by atoms with Gasteiger partial charge in [-0.15, -0.1) is 0 Å². The Labute approximate surface area is 159 Å². The van der Waals surface area contributed by atoms with Crippen molar-refractivity contribution in [2.45, 2.75) is 30.2 Å². The number of fused-ring (bicyclic) bond motifs is 1. The van der Waals surface area contributed by atoms with Crippen LogP contribution in [0.5, 0.6) is 0 Å². The molecule has 0 bridgehead atoms. The van der Waals surface area contributed by atoms with Crippen LogP contribution in [0.1, 0.15) is 28.8 Å². The number of sulfonamides is 1. The summed E-state index contributed by atoms with van der Waals surface area (Å²) >= 11 is 0. The molecule has 142 valence electrons. The van der Waals surface area contributed by atoms with E-state index in [4.69, 9.17) is 0 Å². The Morgan fingerprint density at radius 2 is 2.00 bits per heavy atom. The molecule has 2 aliphatic rings. The molecule has 2 aliphatic heterocycles. The highest BCUT2D eigenvalue weighted by Gasteiger charge is 2.31. The van der Waals surface area contributed by atoms with Crippen molar-refractivity contribution in [2.75, 3.05) is 23.9 Å². The van der Waals surface area contributed by atoms with Gasteiger partial charge in [0.05, 0.1) is 10.6 Å². The number of carbonyl (C=O) groups excluding carboxylic acids is 1. The van der Waals surface area contributed by atoms with Crippen LogP contribution in [0.15, 0.2) is 53.4 Å². The minimum Gasteiger partial charge on any atom is -0.348 e. The summed E-state index contributed by atoms with van der Waals surface area (Å²) in [5.74, 6) is -0.234. The zero-order valence-corrected chi connectivity index (χ0v) is 15.8. The Hall–Kier alpha value is -2.38. The second-order valence-corrected chi connectivity index (χ2v) is 8.86. The van der Waals surface area contributed by atoms with Crippen molar-refractivity contribution in [2.24, 2.45) is 0 Å². The van der Waals surface area contributed by atoms with E-state index in [2.05, 4.69) is 10.6 Å². The molecule has 1 saturated heterocycles. The van der Waals surface area contributed by atoms with Crippen LogP contribution >= 0.6 is 0 Å². The fourth-order valence-electron chi connectivity index (χ4n) is 3.73. The van der Waals surface area contributed by atoms with E-state index in [-0.39, 0.29) is 16.8 Å². The first-order valence-electron chi connectivity index (χ1n) is 9.28. The Bertz CT molecular complexity index is 952. The van der Waals surface area contributed by atoms with E-state index < -0.39 is 10.0 Å². The van der Waals surface area contributed by atoms with Gasteiger partial charge in [0, 0.05) is 24.7 Å². The molecule has 0 saturated carbocycles. The summed E-state index contributed by atoms with van der Waals surface area (Å²) in [5, 5.41) is 6.25. The molecule has 4 rings (SSSR count). The number of hydrogen-bond acceptors (Lipinski definition) is 4. The van der Waals surface area contributed by atoms with Gasteiger partial charge < -0.3 is 10.6 Å². The lowest BCUT2D eigenvalue weighted by Gasteiger charge is -2.24. The van der Waals surface area contributed by atoms with Crippen LogP contribution in [0, 0.1) is 0 Å². The van der Waals surface area contributed by atoms with Crippen molar-refractivity contribution in [3.8, 4) is 0 Å². The van der Waals surface area contributed by atoms with Gasteiger partial charge >= 0.3 is 0 Å². The average molecular weight is 385 g/mol. The van der Waals surface area contributed by atoms with Crippen molar-refractivity contribution in [3.05, 3.63) is 59.7 Å². The number of carbonyl (C=O) groups is 1. The highest BCUT2D eigenvalue weighted by Crippen LogP contribution is 2.32. The minimum atomic E-state index is -3.70. The van der Waals surface area contributed by atoms with Crippen LogP contribution in [-0.2, 0) is 16.4 Å². The summed E-state index contributed by atoms with van der Waals surface area (Å²) in [4.78, 5) is 12.7. The quantitative estimate of drug-likeness (QED) is 0.843. The SMILES string of the molecule is O=C(N[C@H]1CCCNC1)c1cccc(S(=O)(=O)N2CCc3ccccc32)c1. The first-order valence-corrected chi connectivity index (χ1v) is 10.7. The van der Waals surface area contributed by atoms with Crippen LogP contribution in [0.4, 0.5) is 5.69 Å². The molecular weight excluding hydrogens is 362 g/mol. The van der Waals surface area contributed by atoms with Gasteiger partial charge in [-0.2, -0.15) is 0 Å². The van der Waals surface area contributed by atoms with E-state index in [0.717, 1.165) is 37.2 Å². The first kappa shape index (κ1) is 18.0. The number of nitrogens with one attached hydrogen (secondary N) is 2. The normalized spacial score (nSPS) is 19.6. The van der Waals surface area contributed by atoms with Crippen LogP contribution in [-0.4, -0.2) is 40.0 Å². The first-order chi connectivity index (χ1) is 13.1. The molecule has 2 N–H and O–H groups in total. The predicted octanol–water partition coefficient (Wildman–Crippen LogP) is 1.92. The largest absolute Gasteiger partial charge is 0.348 e. The summed E-state index contributed by atoms with van der Waals surface area (Å²) in [5.41, 5.74) is 2.12. The standard InChI is InChI=1S/C20H23N3O3S/c24-20(22-17-7-4-11-21-14-17)16-6-3-8-18(13-16)27(25,26)23-12-10-15-5-1-2-9-19(15)23/h1-3,5-6,8-9,13,17,21H,4,7,10-12,14H2,(H,22,24)/t17-/m0/s1. The van der Waals surface area contributed by atoms with E-state index in [9.17, 15) is 13.2 Å². The van der Waals surface area contributed by atoms with Crippen LogP contribution in [0.25, 0.3) is 0 Å². The van der Waals surface area contributed by atoms with Crippen LogP contribution < -0.4 is 14.9 Å². The lowest BCUT2D eigenvalue weighted by atomic mass is 10.1. The molecule has 1 amide bonds. The molecule has 7 heteroatoms. The van der Waals surface area contributed by atoms with Gasteiger partial charge in [0.1, 0.15) is 0 Å². The maximum Gasteiger partial charge on any atom is 0.264 e. The molecule has 2 heterocycles. The van der Waals surface area contributed by atoms with E-state index >= 15 is 0 Å². The van der Waals surface area contributed by atoms with Gasteiger partial charge in [-0.25, -0.2) is 8.42 Å². The Balaban J connectivity index is 1.57. The molecule has 1 fully saturated rings. The van der Waals surface area contributed by atoms with Gasteiger partial charge in [-0.05, 0) is 55.6 Å². The van der Waals surface area contributed by atoms with E-state index in [1.807, 2.05) is 24.3 Å². The molecule has 2 aromatic rings. The summed E-state index contributed by atoms with van der Waals surface area (Å²) in [6.07, 6.45) is 2.65. The number of rotatable bonds is 4. The fourth-order valence-corrected chi connectivity index (χ4v) is 5.28. The lowest BCUT2D eigenvalue weighted by Crippen LogP contribution is -2.45. The van der Waals surface area contributed by atoms with Gasteiger partial charge in [0.25, 0.3) is 15.9 Å². The number of para-hydroxylation sites is 1. The van der Waals surface area contributed by atoms with Crippen LogP contribution in [0.2, 0.25) is 0 Å². The zero-order chi connectivity index (χ0) is 18.9. The van der Waals surface area contributed by atoms with Crippen molar-refractivity contribution >= 4 is 21.6 Å². The number of hydrogen-bond donors (Lipinski definition) is 2. The number of benzene rings is 2. The molecule has 1 atom stereocenters. The third kappa shape index (κ3) is 3.57. The zero-order valence-electron chi connectivity index (χ0n) is 15.0. The van der Waals surface area contributed by atoms with Gasteiger partial charge in [0.15, 0.2) is 0 Å². The van der Waals surface area contributed by atoms with Crippen LogP contribution in [0.3, 0.4) is 0 Å². The average Bonchev–Trinajstić information content (AvgIpc) is 3.14. The van der Waals surface area contributed by atoms with E-state index in [0.29, 0.717) is 18.5 Å². The summed E-state index contributed by atoms with van der Waals surface area (Å²) < 4.78 is 27.7. The van der Waals surface area contributed by atoms with E-state index in [1.54, 1.807) is 18.2 Å². The minimum absolute atomic E-state index is 0.0805. The number of anilines is 1. The number of amides is 1. The highest BCUT2D eigenvalue weighted by atomic mass is 32.2.